The van der Waals surface area contributed by atoms with Gasteiger partial charge in [0.05, 0.1) is 6.10 Å². The first-order valence-corrected chi connectivity index (χ1v) is 10.1. The summed E-state index contributed by atoms with van der Waals surface area (Å²) >= 11 is 0. The fourth-order valence-electron chi connectivity index (χ4n) is 3.51. The molecule has 0 unspecified atom stereocenters. The Morgan fingerprint density at radius 2 is 1.76 bits per heavy atom. The summed E-state index contributed by atoms with van der Waals surface area (Å²) in [6, 6.07) is 13.0. The molecule has 2 aromatic carbocycles. The normalized spacial score (nSPS) is 14.8. The number of alkyl halides is 1. The summed E-state index contributed by atoms with van der Waals surface area (Å²) in [5, 5.41) is 0. The monoisotopic (exact) mass is 393 g/mol. The SMILES string of the molecule is CCOC1CN(Cc2ccc(C#Cc3ccc(C(C)=O)cc3)cc2C(C)(C)F)C1. The molecule has 1 fully saturated rings. The van der Waals surface area contributed by atoms with Crippen molar-refractivity contribution >= 4 is 5.78 Å². The van der Waals surface area contributed by atoms with E-state index >= 15 is 0 Å². The third kappa shape index (κ3) is 5.53. The van der Waals surface area contributed by atoms with Crippen molar-refractivity contribution in [3.8, 4) is 11.8 Å². The summed E-state index contributed by atoms with van der Waals surface area (Å²) in [5.74, 6) is 6.25. The number of ether oxygens (including phenoxy) is 1. The Bertz CT molecular complexity index is 926. The first-order chi connectivity index (χ1) is 13.8. The minimum atomic E-state index is -1.44. The highest BCUT2D eigenvalue weighted by Gasteiger charge is 2.29. The number of carbonyl (C=O) groups is 1. The van der Waals surface area contributed by atoms with E-state index in [1.165, 1.54) is 0 Å². The first kappa shape index (κ1) is 21.2. The number of carbonyl (C=O) groups excluding carboxylic acids is 1. The van der Waals surface area contributed by atoms with E-state index < -0.39 is 5.67 Å². The first-order valence-electron chi connectivity index (χ1n) is 10.1. The predicted octanol–water partition coefficient (Wildman–Crippen LogP) is 4.71. The number of hydrogen-bond donors (Lipinski definition) is 0. The number of ketones is 1. The highest BCUT2D eigenvalue weighted by Crippen LogP contribution is 2.30. The van der Waals surface area contributed by atoms with Crippen molar-refractivity contribution in [1.82, 2.24) is 4.90 Å². The second-order valence-electron chi connectivity index (χ2n) is 8.00. The number of benzene rings is 2. The summed E-state index contributed by atoms with van der Waals surface area (Å²) in [4.78, 5) is 13.6. The van der Waals surface area contributed by atoms with Crippen molar-refractivity contribution in [2.75, 3.05) is 19.7 Å². The van der Waals surface area contributed by atoms with Crippen LogP contribution < -0.4 is 0 Å². The highest BCUT2D eigenvalue weighted by atomic mass is 19.1. The fraction of sp³-hybridized carbons (Fsp3) is 0.400. The van der Waals surface area contributed by atoms with Gasteiger partial charge in [-0.3, -0.25) is 9.69 Å². The number of halogens is 1. The van der Waals surface area contributed by atoms with Crippen molar-refractivity contribution in [2.45, 2.75) is 46.0 Å². The van der Waals surface area contributed by atoms with Crippen LogP contribution in [0.15, 0.2) is 42.5 Å². The largest absolute Gasteiger partial charge is 0.376 e. The molecule has 1 aliphatic rings. The quantitative estimate of drug-likeness (QED) is 0.526. The molecule has 0 aliphatic carbocycles. The van der Waals surface area contributed by atoms with Crippen molar-refractivity contribution in [3.05, 3.63) is 70.3 Å². The van der Waals surface area contributed by atoms with Gasteiger partial charge in [0.2, 0.25) is 0 Å². The molecule has 2 aromatic rings. The summed E-state index contributed by atoms with van der Waals surface area (Å²) in [6.45, 7) is 9.93. The molecule has 0 aromatic heterocycles. The van der Waals surface area contributed by atoms with Crippen LogP contribution in [0.2, 0.25) is 0 Å². The molecule has 0 atom stereocenters. The number of rotatable bonds is 6. The van der Waals surface area contributed by atoms with Crippen LogP contribution in [0.3, 0.4) is 0 Å². The van der Waals surface area contributed by atoms with Gasteiger partial charge in [-0.15, -0.1) is 0 Å². The fourth-order valence-corrected chi connectivity index (χ4v) is 3.51. The third-order valence-electron chi connectivity index (χ3n) is 5.11. The van der Waals surface area contributed by atoms with Gasteiger partial charge in [-0.25, -0.2) is 4.39 Å². The molecule has 0 saturated carbocycles. The van der Waals surface area contributed by atoms with Crippen LogP contribution in [-0.2, 0) is 17.0 Å². The van der Waals surface area contributed by atoms with Gasteiger partial charge in [0.1, 0.15) is 5.67 Å². The molecular weight excluding hydrogens is 365 g/mol. The van der Waals surface area contributed by atoms with E-state index in [4.69, 9.17) is 4.74 Å². The molecule has 29 heavy (non-hydrogen) atoms. The smallest absolute Gasteiger partial charge is 0.159 e. The van der Waals surface area contributed by atoms with Gasteiger partial charge >= 0.3 is 0 Å². The molecule has 1 heterocycles. The van der Waals surface area contributed by atoms with Crippen LogP contribution in [0, 0.1) is 11.8 Å². The van der Waals surface area contributed by atoms with Crippen molar-refractivity contribution < 1.29 is 13.9 Å². The van der Waals surface area contributed by atoms with Crippen molar-refractivity contribution in [2.24, 2.45) is 0 Å². The lowest BCUT2D eigenvalue weighted by Crippen LogP contribution is -2.51. The van der Waals surface area contributed by atoms with E-state index in [0.29, 0.717) is 23.8 Å². The molecule has 0 spiro atoms. The van der Waals surface area contributed by atoms with E-state index in [2.05, 4.69) is 16.7 Å². The summed E-state index contributed by atoms with van der Waals surface area (Å²) in [5.41, 5.74) is 2.49. The number of nitrogens with zero attached hydrogens (tertiary/aromatic N) is 1. The second kappa shape index (κ2) is 8.90. The Morgan fingerprint density at radius 3 is 2.34 bits per heavy atom. The van der Waals surface area contributed by atoms with Gasteiger partial charge in [-0.2, -0.15) is 0 Å². The van der Waals surface area contributed by atoms with Gasteiger partial charge < -0.3 is 4.74 Å². The average molecular weight is 394 g/mol. The molecule has 0 amide bonds. The van der Waals surface area contributed by atoms with Crippen LogP contribution in [0.1, 0.15) is 60.3 Å². The Labute approximate surface area is 172 Å². The number of Topliss-reactive ketones (excluding diaryl/α,β-unsaturated/α-hetero) is 1. The molecule has 4 heteroatoms. The zero-order chi connectivity index (χ0) is 21.0. The standard InChI is InChI=1S/C25H28FNO2/c1-5-29-23-16-27(17-23)15-22-13-10-20(14-24(22)25(3,4)26)7-6-19-8-11-21(12-9-19)18(2)28/h8-14,23H,5,15-17H2,1-4H3. The van der Waals surface area contributed by atoms with E-state index in [1.807, 2.05) is 37.3 Å². The second-order valence-corrected chi connectivity index (χ2v) is 8.00. The molecule has 3 nitrogen and oxygen atoms in total. The van der Waals surface area contributed by atoms with Gasteiger partial charge in [-0.1, -0.05) is 30.0 Å². The summed E-state index contributed by atoms with van der Waals surface area (Å²) in [6.07, 6.45) is 0.293. The van der Waals surface area contributed by atoms with Crippen LogP contribution in [0.25, 0.3) is 0 Å². The number of likely N-dealkylation sites (tertiary alicyclic amines) is 1. The Balaban J connectivity index is 1.77. The zero-order valence-corrected chi connectivity index (χ0v) is 17.6. The Morgan fingerprint density at radius 1 is 1.14 bits per heavy atom. The third-order valence-corrected chi connectivity index (χ3v) is 5.11. The molecule has 1 saturated heterocycles. The van der Waals surface area contributed by atoms with Crippen LogP contribution in [0.5, 0.6) is 0 Å². The van der Waals surface area contributed by atoms with Crippen LogP contribution in [0.4, 0.5) is 4.39 Å². The Kier molecular flexibility index (Phi) is 6.52. The average Bonchev–Trinajstić information content (AvgIpc) is 2.65. The molecule has 3 rings (SSSR count). The highest BCUT2D eigenvalue weighted by molar-refractivity contribution is 5.94. The minimum Gasteiger partial charge on any atom is -0.376 e. The van der Waals surface area contributed by atoms with Gasteiger partial charge in [0.25, 0.3) is 0 Å². The van der Waals surface area contributed by atoms with Crippen LogP contribution >= 0.6 is 0 Å². The zero-order valence-electron chi connectivity index (χ0n) is 17.6. The molecule has 1 aliphatic heterocycles. The Hall–Kier alpha value is -2.48. The maximum Gasteiger partial charge on any atom is 0.159 e. The lowest BCUT2D eigenvalue weighted by Gasteiger charge is -2.39. The van der Waals surface area contributed by atoms with Crippen molar-refractivity contribution in [3.63, 3.8) is 0 Å². The molecule has 0 N–H and O–H groups in total. The summed E-state index contributed by atoms with van der Waals surface area (Å²) < 4.78 is 20.5. The topological polar surface area (TPSA) is 29.5 Å². The van der Waals surface area contributed by atoms with Crippen molar-refractivity contribution in [1.29, 1.82) is 0 Å². The van der Waals surface area contributed by atoms with E-state index in [-0.39, 0.29) is 5.78 Å². The van der Waals surface area contributed by atoms with E-state index in [0.717, 1.165) is 36.4 Å². The van der Waals surface area contributed by atoms with Gasteiger partial charge in [0.15, 0.2) is 5.78 Å². The van der Waals surface area contributed by atoms with E-state index in [1.54, 1.807) is 32.9 Å². The predicted molar refractivity (Wildman–Crippen MR) is 114 cm³/mol. The molecular formula is C25H28FNO2. The molecule has 0 radical (unpaired) electrons. The minimum absolute atomic E-state index is 0.0321. The van der Waals surface area contributed by atoms with Gasteiger partial charge in [0, 0.05) is 42.9 Å². The lowest BCUT2D eigenvalue weighted by molar-refractivity contribution is -0.0533. The van der Waals surface area contributed by atoms with E-state index in [9.17, 15) is 9.18 Å². The maximum absolute atomic E-state index is 14.9. The molecule has 0 bridgehead atoms. The van der Waals surface area contributed by atoms with Crippen LogP contribution in [-0.4, -0.2) is 36.5 Å². The molecule has 152 valence electrons. The lowest BCUT2D eigenvalue weighted by atomic mass is 9.91. The maximum atomic E-state index is 14.9. The van der Waals surface area contributed by atoms with Gasteiger partial charge in [-0.05, 0) is 63.1 Å². The number of hydrogen-bond acceptors (Lipinski definition) is 3. The summed E-state index contributed by atoms with van der Waals surface area (Å²) in [7, 11) is 0.